The molecule has 10 nitrogen and oxygen atoms in total. The number of carbonyl (C=O) groups excluding carboxylic acids is 1. The van der Waals surface area contributed by atoms with Gasteiger partial charge in [0.1, 0.15) is 17.3 Å². The quantitative estimate of drug-likeness (QED) is 0.375. The van der Waals surface area contributed by atoms with Crippen LogP contribution in [0.2, 0.25) is 5.02 Å². The van der Waals surface area contributed by atoms with Crippen molar-refractivity contribution in [3.05, 3.63) is 58.6 Å². The number of aliphatic hydroxyl groups excluding tert-OH is 1. The van der Waals surface area contributed by atoms with E-state index in [1.807, 2.05) is 59.2 Å². The Hall–Kier alpha value is -3.55. The summed E-state index contributed by atoms with van der Waals surface area (Å²) in [4.78, 5) is 34.4. The number of aliphatic imine (C=N–C) groups is 1. The number of carboxylic acids is 1. The van der Waals surface area contributed by atoms with Gasteiger partial charge in [-0.25, -0.2) is 9.59 Å². The summed E-state index contributed by atoms with van der Waals surface area (Å²) in [5.41, 5.74) is 1.77. The monoisotopic (exact) mass is 656 g/mol. The van der Waals surface area contributed by atoms with Crippen LogP contribution in [-0.2, 0) is 4.79 Å². The average Bonchev–Trinajstić information content (AvgIpc) is 3.35. The molecule has 1 fully saturated rings. The summed E-state index contributed by atoms with van der Waals surface area (Å²) in [7, 11) is 1.62. The number of amides is 2. The van der Waals surface area contributed by atoms with Gasteiger partial charge in [0.05, 0.1) is 38.0 Å². The van der Waals surface area contributed by atoms with E-state index < -0.39 is 12.1 Å². The molecule has 0 radical (unpaired) electrons. The molecule has 4 rings (SSSR count). The van der Waals surface area contributed by atoms with Gasteiger partial charge in [-0.1, -0.05) is 37.6 Å². The SMILES string of the molecule is CCOc1cc(OC)ccc1C1=NC(CC(C)C)C(c2ccc(Cl)cc2)N1C(=O)N1CCN(CCO)CC1.O=C(O)C(F)(F)F. The fraction of sp³-hybridized carbons (Fsp3) is 0.516. The van der Waals surface area contributed by atoms with Crippen molar-refractivity contribution in [2.45, 2.75) is 45.5 Å². The van der Waals surface area contributed by atoms with Gasteiger partial charge in [0, 0.05) is 43.8 Å². The molecule has 0 aromatic heterocycles. The lowest BCUT2D eigenvalue weighted by molar-refractivity contribution is -0.192. The zero-order chi connectivity index (χ0) is 33.3. The predicted octanol–water partition coefficient (Wildman–Crippen LogP) is 5.33. The van der Waals surface area contributed by atoms with Crippen LogP contribution < -0.4 is 9.47 Å². The topological polar surface area (TPSA) is 115 Å². The number of carbonyl (C=O) groups is 2. The Morgan fingerprint density at radius 2 is 1.71 bits per heavy atom. The zero-order valence-electron chi connectivity index (χ0n) is 25.8. The van der Waals surface area contributed by atoms with Crippen LogP contribution in [0.3, 0.4) is 0 Å². The number of alkyl halides is 3. The molecule has 2 aliphatic heterocycles. The average molecular weight is 657 g/mol. The van der Waals surface area contributed by atoms with Crippen molar-refractivity contribution in [2.75, 3.05) is 53.0 Å². The molecule has 14 heteroatoms. The number of methoxy groups -OCH3 is 1. The highest BCUT2D eigenvalue weighted by Gasteiger charge is 2.44. The highest BCUT2D eigenvalue weighted by Crippen LogP contribution is 2.40. The van der Waals surface area contributed by atoms with E-state index in [0.29, 0.717) is 54.5 Å². The molecule has 2 aliphatic rings. The van der Waals surface area contributed by atoms with E-state index in [1.54, 1.807) is 7.11 Å². The minimum atomic E-state index is -5.08. The van der Waals surface area contributed by atoms with Crippen LogP contribution in [-0.4, -0.2) is 108 Å². The fourth-order valence-electron chi connectivity index (χ4n) is 5.24. The summed E-state index contributed by atoms with van der Waals surface area (Å²) in [5, 5.41) is 17.1. The Morgan fingerprint density at radius 1 is 1.09 bits per heavy atom. The summed E-state index contributed by atoms with van der Waals surface area (Å²) in [5.74, 6) is -0.436. The minimum absolute atomic E-state index is 0.0723. The van der Waals surface area contributed by atoms with Crippen molar-refractivity contribution < 1.29 is 42.4 Å². The second kappa shape index (κ2) is 16.1. The van der Waals surface area contributed by atoms with Crippen LogP contribution >= 0.6 is 11.6 Å². The third-order valence-electron chi connectivity index (χ3n) is 7.32. The van der Waals surface area contributed by atoms with E-state index >= 15 is 0 Å². The minimum Gasteiger partial charge on any atom is -0.497 e. The summed E-state index contributed by atoms with van der Waals surface area (Å²) < 4.78 is 43.2. The molecular formula is C31H40ClF3N4O6. The number of nitrogens with zero attached hydrogens (tertiary/aromatic N) is 4. The maximum absolute atomic E-state index is 14.3. The summed E-state index contributed by atoms with van der Waals surface area (Å²) in [6, 6.07) is 12.9. The number of aliphatic hydroxyl groups is 1. The standard InChI is InChI=1S/C29H39ClN4O4.C2HF3O2/c1-5-38-26-19-23(37-4)10-11-24(26)28-31-25(18-20(2)3)27(21-6-8-22(30)9-7-21)34(28)29(36)33-14-12-32(13-15-33)16-17-35;3-2(4,5)1(6)7/h6-11,19-20,25,27,35H,5,12-18H2,1-4H3;(H,6,7). The number of hydrogen-bond acceptors (Lipinski definition) is 7. The molecule has 248 valence electrons. The Labute approximate surface area is 266 Å². The van der Waals surface area contributed by atoms with Gasteiger partial charge in [0.25, 0.3) is 0 Å². The zero-order valence-corrected chi connectivity index (χ0v) is 26.5. The third-order valence-corrected chi connectivity index (χ3v) is 7.57. The molecule has 0 saturated carbocycles. The lowest BCUT2D eigenvalue weighted by atomic mass is 9.93. The first kappa shape index (κ1) is 35.9. The molecule has 2 unspecified atom stereocenters. The van der Waals surface area contributed by atoms with Crippen LogP contribution in [0, 0.1) is 5.92 Å². The smallest absolute Gasteiger partial charge is 0.490 e. The molecule has 45 heavy (non-hydrogen) atoms. The lowest BCUT2D eigenvalue weighted by Crippen LogP contribution is -2.54. The first-order chi connectivity index (χ1) is 21.3. The van der Waals surface area contributed by atoms with Crippen molar-refractivity contribution in [1.82, 2.24) is 14.7 Å². The molecule has 0 spiro atoms. The summed E-state index contributed by atoms with van der Waals surface area (Å²) >= 11 is 6.24. The number of piperazine rings is 1. The first-order valence-corrected chi connectivity index (χ1v) is 15.0. The third kappa shape index (κ3) is 9.47. The van der Waals surface area contributed by atoms with E-state index in [-0.39, 0.29) is 24.7 Å². The van der Waals surface area contributed by atoms with Crippen LogP contribution in [0.15, 0.2) is 47.5 Å². The number of benzene rings is 2. The fourth-order valence-corrected chi connectivity index (χ4v) is 5.37. The van der Waals surface area contributed by atoms with Crippen molar-refractivity contribution >= 4 is 29.4 Å². The molecule has 2 amide bonds. The number of β-amino-alcohol motifs (C(OH)–C–C–N with tert-alkyl or cyclic N) is 1. The summed E-state index contributed by atoms with van der Waals surface area (Å²) in [6.07, 6.45) is -4.26. The Balaban J connectivity index is 0.000000707. The van der Waals surface area contributed by atoms with Gasteiger partial charge in [-0.05, 0) is 49.1 Å². The van der Waals surface area contributed by atoms with Gasteiger partial charge in [-0.15, -0.1) is 0 Å². The number of aliphatic carboxylic acids is 1. The molecule has 0 bridgehead atoms. The maximum atomic E-state index is 14.3. The number of amidine groups is 1. The van der Waals surface area contributed by atoms with E-state index in [1.165, 1.54) is 0 Å². The second-order valence-electron chi connectivity index (χ2n) is 10.9. The van der Waals surface area contributed by atoms with E-state index in [2.05, 4.69) is 18.7 Å². The second-order valence-corrected chi connectivity index (χ2v) is 11.4. The van der Waals surface area contributed by atoms with Crippen LogP contribution in [0.25, 0.3) is 0 Å². The van der Waals surface area contributed by atoms with Gasteiger partial charge in [-0.3, -0.25) is 14.8 Å². The molecule has 2 heterocycles. The maximum Gasteiger partial charge on any atom is 0.490 e. The van der Waals surface area contributed by atoms with E-state index in [0.717, 1.165) is 30.6 Å². The highest BCUT2D eigenvalue weighted by atomic mass is 35.5. The van der Waals surface area contributed by atoms with E-state index in [4.69, 9.17) is 36.0 Å². The molecule has 0 aliphatic carbocycles. The van der Waals surface area contributed by atoms with Gasteiger partial charge >= 0.3 is 18.2 Å². The number of halogens is 4. The van der Waals surface area contributed by atoms with Crippen molar-refractivity contribution in [1.29, 1.82) is 0 Å². The van der Waals surface area contributed by atoms with Crippen LogP contribution in [0.1, 0.15) is 44.4 Å². The number of urea groups is 1. The normalized spacial score (nSPS) is 18.8. The molecule has 2 aromatic carbocycles. The van der Waals surface area contributed by atoms with Crippen LogP contribution in [0.4, 0.5) is 18.0 Å². The highest BCUT2D eigenvalue weighted by molar-refractivity contribution is 6.30. The van der Waals surface area contributed by atoms with Gasteiger partial charge in [0.2, 0.25) is 0 Å². The van der Waals surface area contributed by atoms with Gasteiger partial charge < -0.3 is 24.6 Å². The number of carboxylic acid groups (broad SMARTS) is 1. The number of hydrogen-bond donors (Lipinski definition) is 2. The predicted molar refractivity (Wildman–Crippen MR) is 164 cm³/mol. The van der Waals surface area contributed by atoms with Gasteiger partial charge in [0.15, 0.2) is 0 Å². The summed E-state index contributed by atoms with van der Waals surface area (Å²) in [6.45, 7) is 10.1. The molecule has 2 N–H and O–H groups in total. The van der Waals surface area contributed by atoms with Crippen molar-refractivity contribution in [2.24, 2.45) is 10.9 Å². The Kier molecular flexibility index (Phi) is 12.9. The molecule has 1 saturated heterocycles. The Bertz CT molecular complexity index is 1320. The molecular weight excluding hydrogens is 617 g/mol. The molecule has 2 atom stereocenters. The van der Waals surface area contributed by atoms with Crippen molar-refractivity contribution in [3.63, 3.8) is 0 Å². The van der Waals surface area contributed by atoms with Crippen molar-refractivity contribution in [3.8, 4) is 11.5 Å². The first-order valence-electron chi connectivity index (χ1n) is 14.7. The lowest BCUT2D eigenvalue weighted by Gasteiger charge is -2.39. The number of ether oxygens (including phenoxy) is 2. The Morgan fingerprint density at radius 3 is 2.22 bits per heavy atom. The molecule has 2 aromatic rings. The van der Waals surface area contributed by atoms with E-state index in [9.17, 15) is 23.1 Å². The van der Waals surface area contributed by atoms with Crippen LogP contribution in [0.5, 0.6) is 11.5 Å². The van der Waals surface area contributed by atoms with Gasteiger partial charge in [-0.2, -0.15) is 13.2 Å². The number of rotatable bonds is 9. The largest absolute Gasteiger partial charge is 0.497 e.